The summed E-state index contributed by atoms with van der Waals surface area (Å²) in [5.41, 5.74) is 0.846. The fraction of sp³-hybridized carbons (Fsp3) is 0.400. The molecule has 1 aromatic rings. The van der Waals surface area contributed by atoms with E-state index in [-0.39, 0.29) is 5.91 Å². The molecule has 2 rings (SSSR count). The zero-order chi connectivity index (χ0) is 10.8. The smallest absolute Gasteiger partial charge is 0.255 e. The molecule has 5 nitrogen and oxygen atoms in total. The summed E-state index contributed by atoms with van der Waals surface area (Å²) in [6.07, 6.45) is 1.73. The molecule has 0 aromatic carbocycles. The van der Waals surface area contributed by atoms with Gasteiger partial charge >= 0.3 is 0 Å². The molecule has 0 bridgehead atoms. The Morgan fingerprint density at radius 3 is 3.07 bits per heavy atom. The number of amides is 1. The Bertz CT molecular complexity index is 419. The second kappa shape index (κ2) is 3.75. The lowest BCUT2D eigenvalue weighted by molar-refractivity contribution is 0.0765. The van der Waals surface area contributed by atoms with Crippen molar-refractivity contribution in [3.8, 4) is 6.07 Å². The van der Waals surface area contributed by atoms with Crippen LogP contribution in [0.25, 0.3) is 0 Å². The van der Waals surface area contributed by atoms with Gasteiger partial charge in [0.05, 0.1) is 11.7 Å². The normalized spacial score (nSPS) is 20.3. The second-order valence-electron chi connectivity index (χ2n) is 3.61. The van der Waals surface area contributed by atoms with Crippen LogP contribution in [0.5, 0.6) is 0 Å². The largest absolute Gasteiger partial charge is 0.391 e. The van der Waals surface area contributed by atoms with Crippen LogP contribution in [0.3, 0.4) is 0 Å². The first-order chi connectivity index (χ1) is 7.20. The number of H-pyrrole nitrogens is 1. The summed E-state index contributed by atoms with van der Waals surface area (Å²) >= 11 is 0. The molecule has 0 unspecified atom stereocenters. The van der Waals surface area contributed by atoms with Gasteiger partial charge in [0.1, 0.15) is 11.8 Å². The third kappa shape index (κ3) is 1.85. The molecule has 1 amide bonds. The van der Waals surface area contributed by atoms with E-state index in [2.05, 4.69) is 4.98 Å². The highest BCUT2D eigenvalue weighted by atomic mass is 16.3. The van der Waals surface area contributed by atoms with E-state index in [0.29, 0.717) is 30.8 Å². The predicted octanol–water partition coefficient (Wildman–Crippen LogP) is 0.0932. The minimum absolute atomic E-state index is 0.135. The van der Waals surface area contributed by atoms with Crippen molar-refractivity contribution < 1.29 is 9.90 Å². The van der Waals surface area contributed by atoms with Crippen LogP contribution in [-0.4, -0.2) is 40.1 Å². The number of rotatable bonds is 1. The average Bonchev–Trinajstić information content (AvgIpc) is 2.84. The van der Waals surface area contributed by atoms with Crippen LogP contribution in [0.1, 0.15) is 22.5 Å². The van der Waals surface area contributed by atoms with Gasteiger partial charge in [-0.2, -0.15) is 5.26 Å². The summed E-state index contributed by atoms with van der Waals surface area (Å²) in [6, 6.07) is 3.45. The molecular weight excluding hydrogens is 194 g/mol. The highest BCUT2D eigenvalue weighted by molar-refractivity contribution is 5.94. The summed E-state index contributed by atoms with van der Waals surface area (Å²) in [7, 11) is 0. The molecule has 1 aliphatic rings. The van der Waals surface area contributed by atoms with Gasteiger partial charge in [-0.15, -0.1) is 0 Å². The molecule has 15 heavy (non-hydrogen) atoms. The van der Waals surface area contributed by atoms with Crippen molar-refractivity contribution in [2.45, 2.75) is 12.5 Å². The Morgan fingerprint density at radius 2 is 2.53 bits per heavy atom. The summed E-state index contributed by atoms with van der Waals surface area (Å²) < 4.78 is 0. The number of nitrogens with one attached hydrogen (secondary N) is 1. The van der Waals surface area contributed by atoms with Crippen LogP contribution in [-0.2, 0) is 0 Å². The van der Waals surface area contributed by atoms with E-state index < -0.39 is 6.10 Å². The van der Waals surface area contributed by atoms with Crippen molar-refractivity contribution in [3.05, 3.63) is 23.5 Å². The van der Waals surface area contributed by atoms with Gasteiger partial charge in [0.25, 0.3) is 5.91 Å². The molecule has 1 saturated heterocycles. The number of aromatic amines is 1. The van der Waals surface area contributed by atoms with E-state index in [1.165, 1.54) is 12.3 Å². The second-order valence-corrected chi connectivity index (χ2v) is 3.61. The van der Waals surface area contributed by atoms with Crippen molar-refractivity contribution in [1.29, 1.82) is 5.26 Å². The minimum Gasteiger partial charge on any atom is -0.391 e. The molecule has 0 radical (unpaired) electrons. The molecule has 0 saturated carbocycles. The quantitative estimate of drug-likeness (QED) is 0.682. The van der Waals surface area contributed by atoms with Gasteiger partial charge in [-0.05, 0) is 12.5 Å². The molecule has 1 atom stereocenters. The maximum absolute atomic E-state index is 11.8. The number of aliphatic hydroxyl groups excluding tert-OH is 1. The topological polar surface area (TPSA) is 80.1 Å². The Labute approximate surface area is 86.9 Å². The number of carbonyl (C=O) groups is 1. The standard InChI is InChI=1S/C10H11N3O2/c11-4-8-3-7(5-12-8)10(15)13-2-1-9(14)6-13/h3,5,9,12,14H,1-2,6H2/t9-/m1/s1. The van der Waals surface area contributed by atoms with Gasteiger partial charge in [-0.3, -0.25) is 4.79 Å². The van der Waals surface area contributed by atoms with Crippen molar-refractivity contribution >= 4 is 5.91 Å². The Morgan fingerprint density at radius 1 is 1.73 bits per heavy atom. The molecule has 0 aliphatic carbocycles. The SMILES string of the molecule is N#Cc1cc(C(=O)N2CC[C@@H](O)C2)c[nH]1. The van der Waals surface area contributed by atoms with Gasteiger partial charge < -0.3 is 15.0 Å². The summed E-state index contributed by atoms with van der Waals surface area (Å²) in [5, 5.41) is 17.9. The maximum Gasteiger partial charge on any atom is 0.255 e. The van der Waals surface area contributed by atoms with Crippen LogP contribution in [0.15, 0.2) is 12.3 Å². The van der Waals surface area contributed by atoms with Crippen molar-refractivity contribution in [3.63, 3.8) is 0 Å². The summed E-state index contributed by atoms with van der Waals surface area (Å²) in [5.74, 6) is -0.135. The molecular formula is C10H11N3O2. The number of nitrogens with zero attached hydrogens (tertiary/aromatic N) is 2. The molecule has 2 heterocycles. The van der Waals surface area contributed by atoms with Gasteiger partial charge in [-0.25, -0.2) is 0 Å². The number of hydrogen-bond donors (Lipinski definition) is 2. The lowest BCUT2D eigenvalue weighted by atomic mass is 10.3. The van der Waals surface area contributed by atoms with Gasteiger partial charge in [0, 0.05) is 19.3 Å². The molecule has 2 N–H and O–H groups in total. The van der Waals surface area contributed by atoms with Crippen LogP contribution >= 0.6 is 0 Å². The van der Waals surface area contributed by atoms with Crippen LogP contribution < -0.4 is 0 Å². The minimum atomic E-state index is -0.414. The third-order valence-electron chi connectivity index (χ3n) is 2.50. The first-order valence-electron chi connectivity index (χ1n) is 4.76. The highest BCUT2D eigenvalue weighted by Crippen LogP contribution is 2.13. The summed E-state index contributed by atoms with van der Waals surface area (Å²) in [4.78, 5) is 16.1. The average molecular weight is 205 g/mol. The number of carbonyl (C=O) groups excluding carboxylic acids is 1. The Kier molecular flexibility index (Phi) is 2.44. The lowest BCUT2D eigenvalue weighted by Crippen LogP contribution is -2.29. The van der Waals surface area contributed by atoms with Gasteiger partial charge in [0.2, 0.25) is 0 Å². The van der Waals surface area contributed by atoms with E-state index in [1.807, 2.05) is 6.07 Å². The molecule has 1 aromatic heterocycles. The van der Waals surface area contributed by atoms with E-state index in [9.17, 15) is 9.90 Å². The lowest BCUT2D eigenvalue weighted by Gasteiger charge is -2.13. The number of hydrogen-bond acceptors (Lipinski definition) is 3. The molecule has 78 valence electrons. The first-order valence-corrected chi connectivity index (χ1v) is 4.76. The number of aromatic nitrogens is 1. The van der Waals surface area contributed by atoms with Crippen molar-refractivity contribution in [1.82, 2.24) is 9.88 Å². The fourth-order valence-electron chi connectivity index (χ4n) is 1.69. The van der Waals surface area contributed by atoms with Gasteiger partial charge in [0.15, 0.2) is 0 Å². The van der Waals surface area contributed by atoms with E-state index in [0.717, 1.165) is 0 Å². The number of nitriles is 1. The van der Waals surface area contributed by atoms with Gasteiger partial charge in [-0.1, -0.05) is 0 Å². The van der Waals surface area contributed by atoms with Crippen molar-refractivity contribution in [2.75, 3.05) is 13.1 Å². The van der Waals surface area contributed by atoms with E-state index in [1.54, 1.807) is 4.90 Å². The number of β-amino-alcohol motifs (C(OH)–C–C–N with tert-alkyl or cyclic N) is 1. The van der Waals surface area contributed by atoms with Crippen LogP contribution in [0, 0.1) is 11.3 Å². The molecule has 1 fully saturated rings. The van der Waals surface area contributed by atoms with Crippen LogP contribution in [0.4, 0.5) is 0 Å². The van der Waals surface area contributed by atoms with E-state index >= 15 is 0 Å². The zero-order valence-corrected chi connectivity index (χ0v) is 8.10. The number of aliphatic hydroxyl groups is 1. The third-order valence-corrected chi connectivity index (χ3v) is 2.50. The highest BCUT2D eigenvalue weighted by Gasteiger charge is 2.25. The zero-order valence-electron chi connectivity index (χ0n) is 8.10. The maximum atomic E-state index is 11.8. The predicted molar refractivity (Wildman–Crippen MR) is 52.0 cm³/mol. The molecule has 0 spiro atoms. The van der Waals surface area contributed by atoms with E-state index in [4.69, 9.17) is 5.26 Å². The molecule has 5 heteroatoms. The van der Waals surface area contributed by atoms with Crippen LogP contribution in [0.2, 0.25) is 0 Å². The Balaban J connectivity index is 2.11. The number of likely N-dealkylation sites (tertiary alicyclic amines) is 1. The fourth-order valence-corrected chi connectivity index (χ4v) is 1.69. The summed E-state index contributed by atoms with van der Waals surface area (Å²) in [6.45, 7) is 0.957. The molecule has 1 aliphatic heterocycles. The van der Waals surface area contributed by atoms with Crippen molar-refractivity contribution in [2.24, 2.45) is 0 Å². The Hall–Kier alpha value is -1.80. The first kappa shape index (κ1) is 9.74. The monoisotopic (exact) mass is 205 g/mol.